The van der Waals surface area contributed by atoms with Crippen molar-refractivity contribution in [2.75, 3.05) is 20.8 Å². The van der Waals surface area contributed by atoms with Crippen LogP contribution in [-0.2, 0) is 15.4 Å². The average molecular weight is 600 g/mol. The van der Waals surface area contributed by atoms with Gasteiger partial charge in [0.1, 0.15) is 17.1 Å². The van der Waals surface area contributed by atoms with E-state index in [2.05, 4.69) is 33.9 Å². The van der Waals surface area contributed by atoms with Crippen molar-refractivity contribution >= 4 is 14.0 Å². The van der Waals surface area contributed by atoms with Crippen molar-refractivity contribution in [3.63, 3.8) is 0 Å². The van der Waals surface area contributed by atoms with Crippen LogP contribution >= 0.6 is 0 Å². The summed E-state index contributed by atoms with van der Waals surface area (Å²) in [4.78, 5) is 12.1. The molecule has 0 aliphatic carbocycles. The molecular weight excluding hydrogens is 558 g/mol. The van der Waals surface area contributed by atoms with Crippen LogP contribution < -0.4 is 9.47 Å². The number of rotatable bonds is 11. The Balaban J connectivity index is 2.20. The zero-order valence-corrected chi connectivity index (χ0v) is 27.0. The summed E-state index contributed by atoms with van der Waals surface area (Å²) in [6, 6.07) is 31.0. The predicted octanol–water partition coefficient (Wildman–Crippen LogP) is 7.86. The maximum absolute atomic E-state index is 13.6. The van der Waals surface area contributed by atoms with Crippen molar-refractivity contribution in [1.29, 1.82) is 0 Å². The number of hydrogen-bond donors (Lipinski definition) is 1. The zero-order valence-electron chi connectivity index (χ0n) is 26.0. The largest absolute Gasteiger partial charge is 0.497 e. The Kier molecular flexibility index (Phi) is 9.15. The summed E-state index contributed by atoms with van der Waals surface area (Å²) in [6.07, 6.45) is 0. The maximum Gasteiger partial charge on any atom is 0.275 e. The van der Waals surface area contributed by atoms with Gasteiger partial charge in [0.15, 0.2) is 8.32 Å². The lowest BCUT2D eigenvalue weighted by atomic mass is 9.57. The Morgan fingerprint density at radius 3 is 1.60 bits per heavy atom. The molecule has 1 N–H and O–H groups in total. The van der Waals surface area contributed by atoms with Crippen molar-refractivity contribution in [2.24, 2.45) is 0 Å². The Labute approximate surface area is 255 Å². The third kappa shape index (κ3) is 5.82. The van der Waals surface area contributed by atoms with Gasteiger partial charge in [-0.3, -0.25) is 10.1 Å². The molecule has 0 spiro atoms. The number of nitro benzene ring substituents is 1. The standard InChI is InChI=1S/C35H41NO6Si/c1-33(2,3)43(6,7)42-25-34(37,31-15-11-12-16-32(31)36(38)39)35(26-13-9-8-10-14-26,27-17-21-29(40-4)22-18-27)28-19-23-30(41-5)24-20-28/h8-24,37H,25H2,1-7H3. The molecule has 0 saturated carbocycles. The van der Waals surface area contributed by atoms with Crippen molar-refractivity contribution < 1.29 is 23.9 Å². The third-order valence-electron chi connectivity index (χ3n) is 8.87. The molecule has 1 unspecified atom stereocenters. The summed E-state index contributed by atoms with van der Waals surface area (Å²) in [5, 5.41) is 26.0. The van der Waals surface area contributed by atoms with Crippen LogP contribution in [0.25, 0.3) is 0 Å². The highest BCUT2D eigenvalue weighted by Crippen LogP contribution is 2.55. The van der Waals surface area contributed by atoms with E-state index < -0.39 is 24.3 Å². The van der Waals surface area contributed by atoms with E-state index in [1.54, 1.807) is 32.4 Å². The van der Waals surface area contributed by atoms with Crippen LogP contribution in [0.5, 0.6) is 11.5 Å². The first-order valence-electron chi connectivity index (χ1n) is 14.3. The molecule has 7 nitrogen and oxygen atoms in total. The van der Waals surface area contributed by atoms with E-state index in [1.165, 1.54) is 6.07 Å². The van der Waals surface area contributed by atoms with E-state index in [9.17, 15) is 15.2 Å². The molecule has 226 valence electrons. The number of aliphatic hydroxyl groups is 1. The maximum atomic E-state index is 13.6. The Bertz CT molecular complexity index is 1480. The number of benzene rings is 4. The molecule has 0 aromatic heterocycles. The predicted molar refractivity (Wildman–Crippen MR) is 172 cm³/mol. The normalized spacial score (nSPS) is 13.7. The van der Waals surface area contributed by atoms with E-state index in [-0.39, 0.29) is 22.9 Å². The minimum absolute atomic E-state index is 0.161. The molecule has 4 aromatic carbocycles. The summed E-state index contributed by atoms with van der Waals surface area (Å²) < 4.78 is 17.8. The van der Waals surface area contributed by atoms with Crippen LogP contribution in [0, 0.1) is 10.1 Å². The van der Waals surface area contributed by atoms with Crippen LogP contribution in [0.3, 0.4) is 0 Å². The molecule has 4 aromatic rings. The van der Waals surface area contributed by atoms with E-state index in [1.807, 2.05) is 78.9 Å². The van der Waals surface area contributed by atoms with Crippen molar-refractivity contribution in [3.8, 4) is 11.5 Å². The smallest absolute Gasteiger partial charge is 0.275 e. The van der Waals surface area contributed by atoms with E-state index in [4.69, 9.17) is 13.9 Å². The molecule has 0 fully saturated rings. The van der Waals surface area contributed by atoms with E-state index in [0.29, 0.717) is 22.6 Å². The van der Waals surface area contributed by atoms with Gasteiger partial charge in [-0.05, 0) is 65.2 Å². The fraction of sp³-hybridized carbons (Fsp3) is 0.314. The molecule has 0 saturated heterocycles. The van der Waals surface area contributed by atoms with Crippen LogP contribution in [0.15, 0.2) is 103 Å². The first kappa shape index (κ1) is 31.9. The van der Waals surface area contributed by atoms with Crippen LogP contribution in [0.1, 0.15) is 43.0 Å². The van der Waals surface area contributed by atoms with Gasteiger partial charge < -0.3 is 19.0 Å². The number of methoxy groups -OCH3 is 2. The van der Waals surface area contributed by atoms with Crippen molar-refractivity contribution in [2.45, 2.75) is 49.9 Å². The SMILES string of the molecule is COc1ccc(C(c2ccccc2)(c2ccc(OC)cc2)C(O)(CO[Si](C)(C)C(C)(C)C)c2ccccc2[N+](=O)[O-])cc1. The Morgan fingerprint density at radius 1 is 0.721 bits per heavy atom. The van der Waals surface area contributed by atoms with Gasteiger partial charge in [0.05, 0.1) is 36.7 Å². The van der Waals surface area contributed by atoms with Gasteiger partial charge in [-0.15, -0.1) is 0 Å². The highest BCUT2D eigenvalue weighted by Gasteiger charge is 2.58. The van der Waals surface area contributed by atoms with Crippen LogP contribution in [0.4, 0.5) is 5.69 Å². The first-order chi connectivity index (χ1) is 20.3. The molecule has 0 amide bonds. The van der Waals surface area contributed by atoms with E-state index >= 15 is 0 Å². The van der Waals surface area contributed by atoms with Gasteiger partial charge >= 0.3 is 0 Å². The second kappa shape index (κ2) is 12.3. The number of para-hydroxylation sites is 1. The molecule has 1 atom stereocenters. The minimum atomic E-state index is -2.47. The highest BCUT2D eigenvalue weighted by atomic mass is 28.4. The number of hydrogen-bond acceptors (Lipinski definition) is 6. The quantitative estimate of drug-likeness (QED) is 0.0817. The summed E-state index contributed by atoms with van der Waals surface area (Å²) in [6.45, 7) is 10.4. The first-order valence-corrected chi connectivity index (χ1v) is 17.2. The topological polar surface area (TPSA) is 91.1 Å². The van der Waals surface area contributed by atoms with Gasteiger partial charge in [0, 0.05) is 6.07 Å². The molecule has 0 aliphatic heterocycles. The Morgan fingerprint density at radius 2 is 1.16 bits per heavy atom. The number of ether oxygens (including phenoxy) is 2. The highest BCUT2D eigenvalue weighted by molar-refractivity contribution is 6.74. The molecule has 43 heavy (non-hydrogen) atoms. The lowest BCUT2D eigenvalue weighted by Crippen LogP contribution is -2.56. The van der Waals surface area contributed by atoms with Gasteiger partial charge in [-0.2, -0.15) is 0 Å². The fourth-order valence-corrected chi connectivity index (χ4v) is 6.46. The summed E-state index contributed by atoms with van der Waals surface area (Å²) in [5.41, 5.74) is -1.20. The summed E-state index contributed by atoms with van der Waals surface area (Å²) >= 11 is 0. The van der Waals surface area contributed by atoms with Crippen LogP contribution in [-0.4, -0.2) is 39.2 Å². The number of nitro groups is 1. The van der Waals surface area contributed by atoms with Crippen molar-refractivity contribution in [1.82, 2.24) is 0 Å². The minimum Gasteiger partial charge on any atom is -0.497 e. The van der Waals surface area contributed by atoms with Crippen LogP contribution in [0.2, 0.25) is 18.1 Å². The molecule has 8 heteroatoms. The van der Waals surface area contributed by atoms with Gasteiger partial charge in [-0.1, -0.05) is 87.5 Å². The van der Waals surface area contributed by atoms with Gasteiger partial charge in [-0.25, -0.2) is 0 Å². The number of nitrogens with zero attached hydrogens (tertiary/aromatic N) is 1. The second-order valence-corrected chi connectivity index (χ2v) is 17.1. The fourth-order valence-electron chi connectivity index (χ4n) is 5.46. The molecule has 4 rings (SSSR count). The van der Waals surface area contributed by atoms with Gasteiger partial charge in [0.25, 0.3) is 5.69 Å². The zero-order chi connectivity index (χ0) is 31.5. The van der Waals surface area contributed by atoms with Gasteiger partial charge in [0.2, 0.25) is 0 Å². The lowest BCUT2D eigenvalue weighted by molar-refractivity contribution is -0.387. The lowest BCUT2D eigenvalue weighted by Gasteiger charge is -2.50. The van der Waals surface area contributed by atoms with Crippen molar-refractivity contribution in [3.05, 3.63) is 135 Å². The molecule has 0 heterocycles. The third-order valence-corrected chi connectivity index (χ3v) is 13.3. The second-order valence-electron chi connectivity index (χ2n) is 12.3. The Hall–Kier alpha value is -3.98. The van der Waals surface area contributed by atoms with E-state index in [0.717, 1.165) is 5.56 Å². The average Bonchev–Trinajstić information content (AvgIpc) is 3.01. The molecule has 0 aliphatic rings. The monoisotopic (exact) mass is 599 g/mol. The summed E-state index contributed by atoms with van der Waals surface area (Å²) in [5.74, 6) is 1.29. The molecular formula is C35H41NO6Si. The molecule has 0 bridgehead atoms. The summed E-state index contributed by atoms with van der Waals surface area (Å²) in [7, 11) is 0.721. The molecule has 0 radical (unpaired) electrons.